The van der Waals surface area contributed by atoms with E-state index in [1.54, 1.807) is 18.2 Å². The molecular formula is C25H24F3N3O3. The van der Waals surface area contributed by atoms with Crippen molar-refractivity contribution in [1.82, 2.24) is 9.88 Å². The lowest BCUT2D eigenvalue weighted by Gasteiger charge is -2.27. The van der Waals surface area contributed by atoms with Gasteiger partial charge in [0.15, 0.2) is 0 Å². The van der Waals surface area contributed by atoms with Crippen molar-refractivity contribution in [1.29, 1.82) is 0 Å². The largest absolute Gasteiger partial charge is 0.443 e. The van der Waals surface area contributed by atoms with Crippen LogP contribution in [0.1, 0.15) is 24.8 Å². The highest BCUT2D eigenvalue weighted by molar-refractivity contribution is 5.94. The van der Waals surface area contributed by atoms with Gasteiger partial charge in [-0.15, -0.1) is 0 Å². The normalized spacial score (nSPS) is 19.6. The number of piperidine rings is 1. The van der Waals surface area contributed by atoms with E-state index in [2.05, 4.69) is 9.88 Å². The molecule has 1 atom stereocenters. The minimum atomic E-state index is -4.55. The number of aromatic nitrogens is 1. The summed E-state index contributed by atoms with van der Waals surface area (Å²) in [6, 6.07) is 11.6. The second-order valence-corrected chi connectivity index (χ2v) is 8.80. The Morgan fingerprint density at radius 3 is 2.53 bits per heavy atom. The van der Waals surface area contributed by atoms with Gasteiger partial charge in [-0.3, -0.25) is 14.6 Å². The van der Waals surface area contributed by atoms with Crippen LogP contribution in [-0.2, 0) is 10.9 Å². The molecule has 5 rings (SSSR count). The summed E-state index contributed by atoms with van der Waals surface area (Å²) in [4.78, 5) is 31.7. The number of nitrogens with one attached hydrogen (secondary N) is 1. The van der Waals surface area contributed by atoms with Crippen molar-refractivity contribution in [2.75, 3.05) is 31.1 Å². The zero-order chi connectivity index (χ0) is 23.9. The Hall–Kier alpha value is -3.33. The van der Waals surface area contributed by atoms with Crippen LogP contribution in [0, 0.1) is 0 Å². The number of halogens is 3. The summed E-state index contributed by atoms with van der Waals surface area (Å²) in [7, 11) is 0. The van der Waals surface area contributed by atoms with E-state index in [-0.39, 0.29) is 22.7 Å². The van der Waals surface area contributed by atoms with Crippen LogP contribution in [0.4, 0.5) is 23.7 Å². The summed E-state index contributed by atoms with van der Waals surface area (Å²) in [6.45, 7) is 3.06. The molecule has 2 aliphatic heterocycles. The van der Waals surface area contributed by atoms with Gasteiger partial charge >= 0.3 is 12.3 Å². The average molecular weight is 471 g/mol. The number of hydrogen-bond donors (Lipinski definition) is 1. The maximum absolute atomic E-state index is 13.4. The van der Waals surface area contributed by atoms with Crippen molar-refractivity contribution >= 4 is 22.6 Å². The Bertz CT molecular complexity index is 1280. The monoisotopic (exact) mass is 471 g/mol. The fraction of sp³-hybridized carbons (Fsp3) is 0.360. The Kier molecular flexibility index (Phi) is 5.81. The topological polar surface area (TPSA) is 65.6 Å². The van der Waals surface area contributed by atoms with E-state index < -0.39 is 23.4 Å². The first kappa shape index (κ1) is 22.5. The number of pyridine rings is 1. The highest BCUT2D eigenvalue weighted by atomic mass is 19.4. The van der Waals surface area contributed by atoms with Crippen LogP contribution in [0.5, 0.6) is 0 Å². The Balaban J connectivity index is 1.42. The summed E-state index contributed by atoms with van der Waals surface area (Å²) < 4.78 is 45.9. The summed E-state index contributed by atoms with van der Waals surface area (Å²) in [5, 5.41) is 0.773. The molecule has 1 aromatic heterocycles. The smallest absolute Gasteiger partial charge is 0.417 e. The first-order valence-electron chi connectivity index (χ1n) is 11.3. The van der Waals surface area contributed by atoms with Crippen LogP contribution in [0.2, 0.25) is 0 Å². The molecule has 0 spiro atoms. The van der Waals surface area contributed by atoms with Gasteiger partial charge in [-0.2, -0.15) is 13.2 Å². The van der Waals surface area contributed by atoms with Gasteiger partial charge in [-0.25, -0.2) is 4.79 Å². The number of carbonyl (C=O) groups is 1. The van der Waals surface area contributed by atoms with Gasteiger partial charge in [0, 0.05) is 28.9 Å². The molecule has 6 nitrogen and oxygen atoms in total. The minimum absolute atomic E-state index is 0.0837. The lowest BCUT2D eigenvalue weighted by Crippen LogP contribution is -2.38. The first-order valence-corrected chi connectivity index (χ1v) is 11.3. The molecule has 2 saturated heterocycles. The van der Waals surface area contributed by atoms with Crippen LogP contribution in [0.25, 0.3) is 22.0 Å². The van der Waals surface area contributed by atoms with Crippen LogP contribution in [-0.4, -0.2) is 48.3 Å². The third kappa shape index (κ3) is 4.40. The Labute approximate surface area is 193 Å². The molecule has 1 amide bonds. The van der Waals surface area contributed by atoms with Crippen molar-refractivity contribution in [2.24, 2.45) is 0 Å². The Morgan fingerprint density at radius 1 is 1.00 bits per heavy atom. The molecule has 3 aromatic rings. The molecule has 9 heteroatoms. The second-order valence-electron chi connectivity index (χ2n) is 8.80. The number of H-pyrrole nitrogens is 1. The number of nitrogens with zero attached hydrogens (tertiary/aromatic N) is 2. The number of ether oxygens (including phenoxy) is 1. The molecule has 1 N–H and O–H groups in total. The second kappa shape index (κ2) is 8.79. The zero-order valence-electron chi connectivity index (χ0n) is 18.4. The fourth-order valence-electron chi connectivity index (χ4n) is 4.78. The average Bonchev–Trinajstić information content (AvgIpc) is 3.18. The molecule has 0 radical (unpaired) electrons. The lowest BCUT2D eigenvalue weighted by molar-refractivity contribution is -0.137. The predicted molar refractivity (Wildman–Crippen MR) is 123 cm³/mol. The quantitative estimate of drug-likeness (QED) is 0.580. The van der Waals surface area contributed by atoms with E-state index in [0.29, 0.717) is 24.2 Å². The van der Waals surface area contributed by atoms with Crippen molar-refractivity contribution in [3.05, 3.63) is 64.4 Å². The number of amides is 1. The van der Waals surface area contributed by atoms with E-state index >= 15 is 0 Å². The van der Waals surface area contributed by atoms with Gasteiger partial charge in [0.1, 0.15) is 6.10 Å². The third-order valence-electron chi connectivity index (χ3n) is 6.45. The molecule has 34 heavy (non-hydrogen) atoms. The number of fused-ring (bicyclic) bond motifs is 1. The van der Waals surface area contributed by atoms with Gasteiger partial charge < -0.3 is 9.72 Å². The summed E-state index contributed by atoms with van der Waals surface area (Å²) in [6.07, 6.45) is -1.75. The lowest BCUT2D eigenvalue weighted by atomic mass is 10.0. The first-order chi connectivity index (χ1) is 16.3. The number of anilines is 1. The van der Waals surface area contributed by atoms with Gasteiger partial charge in [-0.05, 0) is 55.6 Å². The number of likely N-dealkylation sites (tertiary alicyclic amines) is 1. The van der Waals surface area contributed by atoms with E-state index in [1.807, 2.05) is 0 Å². The fourth-order valence-corrected chi connectivity index (χ4v) is 4.78. The van der Waals surface area contributed by atoms with Crippen LogP contribution >= 0.6 is 0 Å². The van der Waals surface area contributed by atoms with Gasteiger partial charge in [0.2, 0.25) is 0 Å². The van der Waals surface area contributed by atoms with E-state index in [4.69, 9.17) is 4.74 Å². The molecule has 0 saturated carbocycles. The number of aromatic amines is 1. The number of benzene rings is 2. The van der Waals surface area contributed by atoms with Crippen LogP contribution < -0.4 is 10.5 Å². The molecule has 178 valence electrons. The molecule has 2 fully saturated rings. The van der Waals surface area contributed by atoms with Crippen molar-refractivity contribution in [3.63, 3.8) is 0 Å². The SMILES string of the molecule is O=C1OC(CN2CCCCC2)CN1c1ccc2cc(-c3ccccc3C(F)(F)F)[nH]c(=O)c2c1. The number of hydrogen-bond acceptors (Lipinski definition) is 4. The molecule has 0 aliphatic carbocycles. The summed E-state index contributed by atoms with van der Waals surface area (Å²) >= 11 is 0. The van der Waals surface area contributed by atoms with Crippen molar-refractivity contribution in [3.8, 4) is 11.3 Å². The molecular weight excluding hydrogens is 447 g/mol. The number of cyclic esters (lactones) is 1. The van der Waals surface area contributed by atoms with Crippen molar-refractivity contribution < 1.29 is 22.7 Å². The van der Waals surface area contributed by atoms with Gasteiger partial charge in [0.25, 0.3) is 5.56 Å². The number of alkyl halides is 3. The standard InChI is InChI=1S/C25H24F3N3O3/c26-25(27,28)21-7-3-2-6-19(21)22-12-16-8-9-17(13-20(16)23(32)29-22)31-15-18(34-24(31)33)14-30-10-4-1-5-11-30/h2-3,6-9,12-13,18H,1,4-5,10-11,14-15H2,(H,29,32). The highest BCUT2D eigenvalue weighted by Gasteiger charge is 2.35. The van der Waals surface area contributed by atoms with E-state index in [0.717, 1.165) is 32.0 Å². The van der Waals surface area contributed by atoms with Gasteiger partial charge in [-0.1, -0.05) is 30.7 Å². The summed E-state index contributed by atoms with van der Waals surface area (Å²) in [5.74, 6) is 0. The van der Waals surface area contributed by atoms with Crippen molar-refractivity contribution in [2.45, 2.75) is 31.5 Å². The molecule has 3 heterocycles. The maximum Gasteiger partial charge on any atom is 0.417 e. The highest BCUT2D eigenvalue weighted by Crippen LogP contribution is 2.36. The molecule has 2 aliphatic rings. The third-order valence-corrected chi connectivity index (χ3v) is 6.45. The number of rotatable bonds is 4. The summed E-state index contributed by atoms with van der Waals surface area (Å²) in [5.41, 5.74) is -0.834. The van der Waals surface area contributed by atoms with Gasteiger partial charge in [0.05, 0.1) is 12.1 Å². The minimum Gasteiger partial charge on any atom is -0.443 e. The molecule has 0 bridgehead atoms. The van der Waals surface area contributed by atoms with E-state index in [9.17, 15) is 22.8 Å². The molecule has 1 unspecified atom stereocenters. The van der Waals surface area contributed by atoms with Crippen LogP contribution in [0.3, 0.4) is 0 Å². The zero-order valence-corrected chi connectivity index (χ0v) is 18.4. The Morgan fingerprint density at radius 2 is 1.76 bits per heavy atom. The molecule has 2 aromatic carbocycles. The maximum atomic E-state index is 13.4. The van der Waals surface area contributed by atoms with E-state index in [1.165, 1.54) is 35.6 Å². The predicted octanol–water partition coefficient (Wildman–Crippen LogP) is 5.03. The number of carbonyl (C=O) groups excluding carboxylic acids is 1. The van der Waals surface area contributed by atoms with Crippen LogP contribution in [0.15, 0.2) is 53.3 Å².